The maximum atomic E-state index is 12.8. The molecule has 0 saturated carbocycles. The molecule has 2 aliphatic rings. The molecule has 1 saturated heterocycles. The van der Waals surface area contributed by atoms with E-state index >= 15 is 0 Å². The van der Waals surface area contributed by atoms with Gasteiger partial charge in [0.1, 0.15) is 0 Å². The predicted octanol–water partition coefficient (Wildman–Crippen LogP) is 2.35. The van der Waals surface area contributed by atoms with Gasteiger partial charge in [0.15, 0.2) is 6.10 Å². The highest BCUT2D eigenvalue weighted by Gasteiger charge is 2.34. The maximum Gasteiger partial charge on any atom is 0.335 e. The molecule has 2 N–H and O–H groups in total. The fourth-order valence-electron chi connectivity index (χ4n) is 3.30. The zero-order valence-electron chi connectivity index (χ0n) is 14.9. The van der Waals surface area contributed by atoms with E-state index in [-0.39, 0.29) is 23.7 Å². The maximum absolute atomic E-state index is 12.8. The van der Waals surface area contributed by atoms with Crippen molar-refractivity contribution in [3.8, 4) is 0 Å². The number of piperidine rings is 1. The zero-order valence-corrected chi connectivity index (χ0v) is 15.7. The second-order valence-electron chi connectivity index (χ2n) is 7.16. The summed E-state index contributed by atoms with van der Waals surface area (Å²) >= 11 is 6.15. The third kappa shape index (κ3) is 4.97. The molecule has 6 nitrogen and oxygen atoms in total. The Morgan fingerprint density at radius 2 is 1.76 bits per heavy atom. The van der Waals surface area contributed by atoms with Gasteiger partial charge in [-0.05, 0) is 44.4 Å². The van der Waals surface area contributed by atoms with E-state index in [0.717, 1.165) is 12.8 Å². The Balaban J connectivity index is 2.01. The van der Waals surface area contributed by atoms with Crippen LogP contribution in [0, 0.1) is 11.8 Å². The van der Waals surface area contributed by atoms with Crippen LogP contribution in [0.1, 0.15) is 52.4 Å². The molecule has 1 aliphatic carbocycles. The van der Waals surface area contributed by atoms with Gasteiger partial charge >= 0.3 is 5.97 Å². The van der Waals surface area contributed by atoms with E-state index in [2.05, 4.69) is 0 Å². The molecule has 140 valence electrons. The summed E-state index contributed by atoms with van der Waals surface area (Å²) in [4.78, 5) is 38.2. The van der Waals surface area contributed by atoms with Crippen LogP contribution in [-0.4, -0.2) is 41.9 Å². The lowest BCUT2D eigenvalue weighted by Gasteiger charge is -2.34. The average molecular weight is 371 g/mol. The Bertz CT molecular complexity index is 565. The number of ether oxygens (including phenoxy) is 1. The average Bonchev–Trinajstić information content (AvgIpc) is 2.59. The number of amides is 2. The first-order valence-corrected chi connectivity index (χ1v) is 9.35. The fourth-order valence-corrected chi connectivity index (χ4v) is 3.61. The van der Waals surface area contributed by atoms with E-state index < -0.39 is 12.1 Å². The quantitative estimate of drug-likeness (QED) is 0.752. The Kier molecular flexibility index (Phi) is 6.87. The highest BCUT2D eigenvalue weighted by molar-refractivity contribution is 6.31. The van der Waals surface area contributed by atoms with Crippen LogP contribution in [0.3, 0.4) is 0 Å². The first-order chi connectivity index (χ1) is 11.8. The first-order valence-electron chi connectivity index (χ1n) is 8.97. The van der Waals surface area contributed by atoms with Crippen molar-refractivity contribution in [2.75, 3.05) is 13.1 Å². The van der Waals surface area contributed by atoms with E-state index in [1.165, 1.54) is 0 Å². The van der Waals surface area contributed by atoms with Gasteiger partial charge in [-0.25, -0.2) is 4.79 Å². The van der Waals surface area contributed by atoms with Crippen molar-refractivity contribution in [3.05, 3.63) is 10.6 Å². The molecule has 0 aromatic carbocycles. The zero-order chi connectivity index (χ0) is 18.6. The fraction of sp³-hybridized carbons (Fsp3) is 0.722. The van der Waals surface area contributed by atoms with Crippen LogP contribution in [0.4, 0.5) is 0 Å². The molecule has 1 fully saturated rings. The Hall–Kier alpha value is -1.56. The number of hydrogen-bond donors (Lipinski definition) is 1. The summed E-state index contributed by atoms with van der Waals surface area (Å²) in [6.45, 7) is 4.61. The number of esters is 1. The van der Waals surface area contributed by atoms with E-state index in [9.17, 15) is 14.4 Å². The molecule has 0 aromatic rings. The smallest absolute Gasteiger partial charge is 0.335 e. The largest absolute Gasteiger partial charge is 0.449 e. The minimum Gasteiger partial charge on any atom is -0.449 e. The van der Waals surface area contributed by atoms with Gasteiger partial charge in [0.2, 0.25) is 5.91 Å². The number of carbonyl (C=O) groups excluding carboxylic acids is 3. The van der Waals surface area contributed by atoms with Crippen molar-refractivity contribution in [1.29, 1.82) is 0 Å². The molecule has 0 bridgehead atoms. The van der Waals surface area contributed by atoms with Crippen LogP contribution < -0.4 is 5.73 Å². The van der Waals surface area contributed by atoms with Gasteiger partial charge in [0.05, 0.1) is 5.57 Å². The monoisotopic (exact) mass is 370 g/mol. The molecule has 0 aromatic heterocycles. The van der Waals surface area contributed by atoms with Crippen molar-refractivity contribution in [2.24, 2.45) is 17.6 Å². The number of primary amides is 1. The molecule has 2 amide bonds. The Morgan fingerprint density at radius 3 is 2.28 bits per heavy atom. The summed E-state index contributed by atoms with van der Waals surface area (Å²) < 4.78 is 5.55. The predicted molar refractivity (Wildman–Crippen MR) is 94.6 cm³/mol. The van der Waals surface area contributed by atoms with E-state index in [4.69, 9.17) is 22.1 Å². The van der Waals surface area contributed by atoms with E-state index in [1.807, 2.05) is 13.8 Å². The van der Waals surface area contributed by atoms with Gasteiger partial charge in [0, 0.05) is 24.0 Å². The van der Waals surface area contributed by atoms with Crippen molar-refractivity contribution in [3.63, 3.8) is 0 Å². The number of halogens is 1. The number of nitrogens with zero attached hydrogens (tertiary/aromatic N) is 1. The third-order valence-corrected chi connectivity index (χ3v) is 5.36. The van der Waals surface area contributed by atoms with Gasteiger partial charge in [-0.3, -0.25) is 9.59 Å². The van der Waals surface area contributed by atoms with Gasteiger partial charge < -0.3 is 15.4 Å². The Labute approximate surface area is 153 Å². The van der Waals surface area contributed by atoms with E-state index in [1.54, 1.807) is 4.90 Å². The summed E-state index contributed by atoms with van der Waals surface area (Å²) in [5, 5.41) is 0.550. The third-order valence-electron chi connectivity index (χ3n) is 4.94. The number of allylic oxidation sites excluding steroid dienone is 1. The molecular formula is C18H27ClN2O4. The lowest BCUT2D eigenvalue weighted by atomic mass is 9.95. The number of hydrogen-bond acceptors (Lipinski definition) is 4. The second-order valence-corrected chi connectivity index (χ2v) is 7.62. The van der Waals surface area contributed by atoms with Crippen LogP contribution in [0.25, 0.3) is 0 Å². The van der Waals surface area contributed by atoms with Crippen molar-refractivity contribution in [1.82, 2.24) is 4.90 Å². The molecule has 1 atom stereocenters. The van der Waals surface area contributed by atoms with Gasteiger partial charge in [-0.1, -0.05) is 25.4 Å². The SMILES string of the molecule is CC(C)C(OC(=O)C1=C(Cl)CCCC1)C(=O)N1CCC(C(N)=O)CC1. The second kappa shape index (κ2) is 8.70. The number of likely N-dealkylation sites (tertiary alicyclic amines) is 1. The normalized spacial score (nSPS) is 20.6. The lowest BCUT2D eigenvalue weighted by Crippen LogP contribution is -2.48. The van der Waals surface area contributed by atoms with Gasteiger partial charge in [-0.15, -0.1) is 0 Å². The molecule has 7 heteroatoms. The summed E-state index contributed by atoms with van der Waals surface area (Å²) in [6.07, 6.45) is 3.43. The van der Waals surface area contributed by atoms with Crippen LogP contribution in [0.15, 0.2) is 10.6 Å². The number of carbonyl (C=O) groups is 3. The first kappa shape index (κ1) is 19.8. The van der Waals surface area contributed by atoms with Crippen molar-refractivity contribution in [2.45, 2.75) is 58.5 Å². The summed E-state index contributed by atoms with van der Waals surface area (Å²) in [7, 11) is 0. The van der Waals surface area contributed by atoms with Crippen LogP contribution in [0.5, 0.6) is 0 Å². The topological polar surface area (TPSA) is 89.7 Å². The highest BCUT2D eigenvalue weighted by Crippen LogP contribution is 2.29. The lowest BCUT2D eigenvalue weighted by molar-refractivity contribution is -0.161. The highest BCUT2D eigenvalue weighted by atomic mass is 35.5. The molecule has 1 unspecified atom stereocenters. The van der Waals surface area contributed by atoms with Gasteiger partial charge in [-0.2, -0.15) is 0 Å². The molecular weight excluding hydrogens is 344 g/mol. The van der Waals surface area contributed by atoms with Crippen LogP contribution in [-0.2, 0) is 19.1 Å². The molecule has 1 heterocycles. The molecule has 1 aliphatic heterocycles. The van der Waals surface area contributed by atoms with E-state index in [0.29, 0.717) is 49.4 Å². The Morgan fingerprint density at radius 1 is 1.16 bits per heavy atom. The van der Waals surface area contributed by atoms with Crippen molar-refractivity contribution < 1.29 is 19.1 Å². The minimum atomic E-state index is -0.837. The molecule has 0 radical (unpaired) electrons. The van der Waals surface area contributed by atoms with Crippen molar-refractivity contribution >= 4 is 29.4 Å². The van der Waals surface area contributed by atoms with Crippen LogP contribution in [0.2, 0.25) is 0 Å². The summed E-state index contributed by atoms with van der Waals surface area (Å²) in [5.41, 5.74) is 5.83. The molecule has 25 heavy (non-hydrogen) atoms. The summed E-state index contributed by atoms with van der Waals surface area (Å²) in [6, 6.07) is 0. The molecule has 0 spiro atoms. The summed E-state index contributed by atoms with van der Waals surface area (Å²) in [5.74, 6) is -1.34. The number of nitrogens with two attached hydrogens (primary N) is 1. The minimum absolute atomic E-state index is 0.145. The molecule has 2 rings (SSSR count). The van der Waals surface area contributed by atoms with Gasteiger partial charge in [0.25, 0.3) is 5.91 Å². The number of rotatable bonds is 5. The van der Waals surface area contributed by atoms with Crippen LogP contribution >= 0.6 is 11.6 Å². The standard InChI is InChI=1S/C18H27ClN2O4/c1-11(2)15(25-18(24)13-5-3-4-6-14(13)19)17(23)21-9-7-12(8-10-21)16(20)22/h11-12,15H,3-10H2,1-2H3,(H2,20,22).